The lowest BCUT2D eigenvalue weighted by molar-refractivity contribution is 0.488. The van der Waals surface area contributed by atoms with E-state index in [0.29, 0.717) is 5.56 Å². The third-order valence-electron chi connectivity index (χ3n) is 3.54. The number of hydrogen-bond acceptors (Lipinski definition) is 2. The number of nitrogens with two attached hydrogens (primary N) is 1. The van der Waals surface area contributed by atoms with Gasteiger partial charge in [-0.3, -0.25) is 4.98 Å². The van der Waals surface area contributed by atoms with Crippen LogP contribution >= 0.6 is 0 Å². The standard InChI is InChI=1S/C14H13FN2/c15-13-9-17-8-6-12(13)14(16)7-5-10-3-1-2-4-11(10)14/h1-4,6,8-9H,5,7,16H2. The third-order valence-corrected chi connectivity index (χ3v) is 3.54. The summed E-state index contributed by atoms with van der Waals surface area (Å²) in [5, 5.41) is 0. The van der Waals surface area contributed by atoms with Crippen molar-refractivity contribution in [2.75, 3.05) is 0 Å². The van der Waals surface area contributed by atoms with E-state index in [-0.39, 0.29) is 5.82 Å². The molecule has 0 spiro atoms. The molecule has 0 saturated heterocycles. The van der Waals surface area contributed by atoms with Gasteiger partial charge in [-0.15, -0.1) is 0 Å². The number of pyridine rings is 1. The summed E-state index contributed by atoms with van der Waals surface area (Å²) in [5.74, 6) is -0.327. The lowest BCUT2D eigenvalue weighted by Gasteiger charge is -2.26. The van der Waals surface area contributed by atoms with Gasteiger partial charge in [0.2, 0.25) is 0 Å². The lowest BCUT2D eigenvalue weighted by atomic mass is 9.85. The third kappa shape index (κ3) is 1.46. The molecule has 1 atom stereocenters. The molecule has 2 N–H and O–H groups in total. The summed E-state index contributed by atoms with van der Waals surface area (Å²) >= 11 is 0. The lowest BCUT2D eigenvalue weighted by Crippen LogP contribution is -2.36. The Morgan fingerprint density at radius 1 is 1.18 bits per heavy atom. The van der Waals surface area contributed by atoms with Crippen LogP contribution in [0, 0.1) is 5.82 Å². The highest BCUT2D eigenvalue weighted by Crippen LogP contribution is 2.40. The molecule has 2 nitrogen and oxygen atoms in total. The van der Waals surface area contributed by atoms with Crippen LogP contribution in [-0.2, 0) is 12.0 Å². The number of rotatable bonds is 1. The Bertz CT molecular complexity index is 568. The summed E-state index contributed by atoms with van der Waals surface area (Å²) in [4.78, 5) is 3.77. The van der Waals surface area contributed by atoms with Crippen LogP contribution in [0.5, 0.6) is 0 Å². The first-order valence-electron chi connectivity index (χ1n) is 5.69. The van der Waals surface area contributed by atoms with Gasteiger partial charge in [0.25, 0.3) is 0 Å². The second kappa shape index (κ2) is 3.64. The average molecular weight is 228 g/mol. The molecule has 1 heterocycles. The Labute approximate surface area is 99.3 Å². The van der Waals surface area contributed by atoms with Gasteiger partial charge in [0.1, 0.15) is 5.82 Å². The van der Waals surface area contributed by atoms with E-state index in [1.54, 1.807) is 12.3 Å². The van der Waals surface area contributed by atoms with Crippen molar-refractivity contribution in [2.45, 2.75) is 18.4 Å². The molecule has 0 bridgehead atoms. The zero-order valence-electron chi connectivity index (χ0n) is 9.36. The van der Waals surface area contributed by atoms with Crippen LogP contribution < -0.4 is 5.73 Å². The van der Waals surface area contributed by atoms with Crippen molar-refractivity contribution in [3.05, 3.63) is 65.2 Å². The molecule has 0 fully saturated rings. The fraction of sp³-hybridized carbons (Fsp3) is 0.214. The summed E-state index contributed by atoms with van der Waals surface area (Å²) in [7, 11) is 0. The number of aryl methyl sites for hydroxylation is 1. The van der Waals surface area contributed by atoms with E-state index >= 15 is 0 Å². The molecule has 1 aliphatic carbocycles. The molecule has 0 aliphatic heterocycles. The molecular weight excluding hydrogens is 215 g/mol. The van der Waals surface area contributed by atoms with Gasteiger partial charge < -0.3 is 5.73 Å². The predicted octanol–water partition coefficient (Wildman–Crippen LogP) is 2.37. The highest BCUT2D eigenvalue weighted by Gasteiger charge is 2.38. The molecule has 2 aromatic rings. The molecule has 1 aromatic heterocycles. The topological polar surface area (TPSA) is 38.9 Å². The van der Waals surface area contributed by atoms with Crippen molar-refractivity contribution in [2.24, 2.45) is 5.73 Å². The molecular formula is C14H13FN2. The molecule has 0 saturated carbocycles. The van der Waals surface area contributed by atoms with Crippen molar-refractivity contribution in [3.8, 4) is 0 Å². The van der Waals surface area contributed by atoms with Gasteiger partial charge in [0.15, 0.2) is 0 Å². The Kier molecular flexibility index (Phi) is 2.23. The number of aromatic nitrogens is 1. The molecule has 86 valence electrons. The minimum absolute atomic E-state index is 0.327. The largest absolute Gasteiger partial charge is 0.318 e. The second-order valence-corrected chi connectivity index (χ2v) is 4.48. The van der Waals surface area contributed by atoms with E-state index in [0.717, 1.165) is 18.4 Å². The first-order chi connectivity index (χ1) is 8.22. The average Bonchev–Trinajstić information content (AvgIpc) is 2.70. The summed E-state index contributed by atoms with van der Waals surface area (Å²) in [6.45, 7) is 0. The highest BCUT2D eigenvalue weighted by atomic mass is 19.1. The summed E-state index contributed by atoms with van der Waals surface area (Å²) in [6.07, 6.45) is 4.46. The van der Waals surface area contributed by atoms with E-state index in [2.05, 4.69) is 11.1 Å². The maximum atomic E-state index is 13.8. The SMILES string of the molecule is NC1(c2ccncc2F)CCc2ccccc21. The first-order valence-corrected chi connectivity index (χ1v) is 5.69. The fourth-order valence-corrected chi connectivity index (χ4v) is 2.66. The summed E-state index contributed by atoms with van der Waals surface area (Å²) < 4.78 is 13.8. The van der Waals surface area contributed by atoms with Crippen LogP contribution in [0.4, 0.5) is 4.39 Å². The Hall–Kier alpha value is -1.74. The molecule has 3 heteroatoms. The second-order valence-electron chi connectivity index (χ2n) is 4.48. The maximum Gasteiger partial charge on any atom is 0.146 e. The quantitative estimate of drug-likeness (QED) is 0.813. The predicted molar refractivity (Wildman–Crippen MR) is 63.9 cm³/mol. The molecule has 1 aliphatic rings. The van der Waals surface area contributed by atoms with E-state index in [9.17, 15) is 4.39 Å². The maximum absolute atomic E-state index is 13.8. The van der Waals surface area contributed by atoms with E-state index in [4.69, 9.17) is 5.73 Å². The monoisotopic (exact) mass is 228 g/mol. The van der Waals surface area contributed by atoms with Crippen LogP contribution in [0.3, 0.4) is 0 Å². The van der Waals surface area contributed by atoms with Crippen molar-refractivity contribution >= 4 is 0 Å². The Balaban J connectivity index is 2.19. The summed E-state index contributed by atoms with van der Waals surface area (Å²) in [6, 6.07) is 9.67. The number of halogens is 1. The highest BCUT2D eigenvalue weighted by molar-refractivity contribution is 5.46. The zero-order chi connectivity index (χ0) is 11.9. The van der Waals surface area contributed by atoms with Gasteiger partial charge >= 0.3 is 0 Å². The van der Waals surface area contributed by atoms with Gasteiger partial charge in [0, 0.05) is 11.8 Å². The van der Waals surface area contributed by atoms with Crippen LogP contribution in [-0.4, -0.2) is 4.98 Å². The number of fused-ring (bicyclic) bond motifs is 1. The van der Waals surface area contributed by atoms with Gasteiger partial charge in [-0.05, 0) is 30.0 Å². The van der Waals surface area contributed by atoms with Crippen LogP contribution in [0.25, 0.3) is 0 Å². The number of benzene rings is 1. The molecule has 17 heavy (non-hydrogen) atoms. The molecule has 1 aromatic carbocycles. The molecule has 3 rings (SSSR count). The Morgan fingerprint density at radius 2 is 2.00 bits per heavy atom. The van der Waals surface area contributed by atoms with Crippen molar-refractivity contribution in [3.63, 3.8) is 0 Å². The smallest absolute Gasteiger partial charge is 0.146 e. The fourth-order valence-electron chi connectivity index (χ4n) is 2.66. The summed E-state index contributed by atoms with van der Waals surface area (Å²) in [5.41, 5.74) is 8.51. The minimum atomic E-state index is -0.705. The van der Waals surface area contributed by atoms with Gasteiger partial charge in [-0.2, -0.15) is 0 Å². The molecule has 0 amide bonds. The first kappa shape index (κ1) is 10.4. The van der Waals surface area contributed by atoms with Crippen molar-refractivity contribution in [1.82, 2.24) is 4.98 Å². The van der Waals surface area contributed by atoms with Crippen molar-refractivity contribution < 1.29 is 4.39 Å². The van der Waals surface area contributed by atoms with Gasteiger partial charge in [-0.1, -0.05) is 24.3 Å². The van der Waals surface area contributed by atoms with E-state index in [1.165, 1.54) is 11.8 Å². The van der Waals surface area contributed by atoms with Crippen LogP contribution in [0.2, 0.25) is 0 Å². The van der Waals surface area contributed by atoms with E-state index in [1.807, 2.05) is 18.2 Å². The van der Waals surface area contributed by atoms with E-state index < -0.39 is 5.54 Å². The normalized spacial score (nSPS) is 22.5. The van der Waals surface area contributed by atoms with Crippen LogP contribution in [0.1, 0.15) is 23.1 Å². The van der Waals surface area contributed by atoms with Gasteiger partial charge in [0.05, 0.1) is 11.7 Å². The van der Waals surface area contributed by atoms with Gasteiger partial charge in [-0.25, -0.2) is 4.39 Å². The van der Waals surface area contributed by atoms with Crippen molar-refractivity contribution in [1.29, 1.82) is 0 Å². The Morgan fingerprint density at radius 3 is 2.82 bits per heavy atom. The zero-order valence-corrected chi connectivity index (χ0v) is 9.36. The molecule has 1 unspecified atom stereocenters. The van der Waals surface area contributed by atoms with Crippen LogP contribution in [0.15, 0.2) is 42.7 Å². The minimum Gasteiger partial charge on any atom is -0.318 e. The number of nitrogens with zero attached hydrogens (tertiary/aromatic N) is 1. The molecule has 0 radical (unpaired) electrons. The number of hydrogen-bond donors (Lipinski definition) is 1.